The van der Waals surface area contributed by atoms with E-state index in [1.54, 1.807) is 0 Å². The van der Waals surface area contributed by atoms with Crippen LogP contribution in [0.3, 0.4) is 0 Å². The average Bonchev–Trinajstić information content (AvgIpc) is 2.46. The van der Waals surface area contributed by atoms with Crippen LogP contribution < -0.4 is 11.1 Å². The van der Waals surface area contributed by atoms with E-state index in [2.05, 4.69) is 5.32 Å². The van der Waals surface area contributed by atoms with Crippen LogP contribution in [0.15, 0.2) is 0 Å². The number of nitrogens with two attached hydrogens (primary N) is 1. The summed E-state index contributed by atoms with van der Waals surface area (Å²) in [6, 6.07) is 0.361. The Kier molecular flexibility index (Phi) is 6.80. The fraction of sp³-hybridized carbons (Fsp3) is 0.938. The van der Waals surface area contributed by atoms with Crippen LogP contribution in [-0.4, -0.2) is 31.2 Å². The third kappa shape index (κ3) is 5.80. The van der Waals surface area contributed by atoms with Crippen molar-refractivity contribution in [2.24, 2.45) is 11.7 Å². The van der Waals surface area contributed by atoms with Gasteiger partial charge in [0, 0.05) is 25.6 Å². The fourth-order valence-corrected chi connectivity index (χ4v) is 3.43. The highest BCUT2D eigenvalue weighted by atomic mass is 16.5. The first-order valence-corrected chi connectivity index (χ1v) is 8.38. The Morgan fingerprint density at radius 1 is 1.15 bits per heavy atom. The molecule has 1 saturated heterocycles. The second kappa shape index (κ2) is 8.63. The van der Waals surface area contributed by atoms with Gasteiger partial charge in [0.25, 0.3) is 0 Å². The summed E-state index contributed by atoms with van der Waals surface area (Å²) in [5.41, 5.74) is 5.98. The summed E-state index contributed by atoms with van der Waals surface area (Å²) in [5.74, 6) is 0.853. The molecule has 1 aliphatic carbocycles. The molecule has 0 aromatic rings. The van der Waals surface area contributed by atoms with Gasteiger partial charge in [-0.05, 0) is 50.9 Å². The van der Waals surface area contributed by atoms with Crippen molar-refractivity contribution in [2.45, 2.75) is 76.4 Å². The van der Waals surface area contributed by atoms with E-state index in [-0.39, 0.29) is 5.91 Å². The summed E-state index contributed by atoms with van der Waals surface area (Å²) in [5, 5.41) is 3.03. The molecule has 2 rings (SSSR count). The SMILES string of the molecule is NC1CCCC(CCC(=O)NCCC2CCCCO2)C1. The lowest BCUT2D eigenvalue weighted by molar-refractivity contribution is -0.121. The molecule has 0 aromatic carbocycles. The first kappa shape index (κ1) is 15.8. The van der Waals surface area contributed by atoms with E-state index in [0.29, 0.717) is 24.5 Å². The van der Waals surface area contributed by atoms with E-state index in [9.17, 15) is 4.79 Å². The Labute approximate surface area is 122 Å². The number of hydrogen-bond donors (Lipinski definition) is 2. The van der Waals surface area contributed by atoms with Crippen LogP contribution in [0.25, 0.3) is 0 Å². The summed E-state index contributed by atoms with van der Waals surface area (Å²) in [4.78, 5) is 11.8. The van der Waals surface area contributed by atoms with Gasteiger partial charge in [-0.25, -0.2) is 0 Å². The van der Waals surface area contributed by atoms with Crippen molar-refractivity contribution in [1.29, 1.82) is 0 Å². The number of carbonyl (C=O) groups excluding carboxylic acids is 1. The maximum Gasteiger partial charge on any atom is 0.220 e. The molecule has 1 amide bonds. The van der Waals surface area contributed by atoms with Crippen LogP contribution in [-0.2, 0) is 9.53 Å². The molecule has 3 unspecified atom stereocenters. The number of hydrogen-bond acceptors (Lipinski definition) is 3. The Morgan fingerprint density at radius 3 is 2.80 bits per heavy atom. The zero-order chi connectivity index (χ0) is 14.2. The molecular formula is C16H30N2O2. The minimum Gasteiger partial charge on any atom is -0.378 e. The van der Waals surface area contributed by atoms with Crippen molar-refractivity contribution in [3.05, 3.63) is 0 Å². The van der Waals surface area contributed by atoms with Gasteiger partial charge in [-0.3, -0.25) is 4.79 Å². The molecule has 1 heterocycles. The third-order valence-electron chi connectivity index (χ3n) is 4.67. The van der Waals surface area contributed by atoms with Crippen LogP contribution in [0.5, 0.6) is 0 Å². The maximum absolute atomic E-state index is 11.8. The number of rotatable bonds is 6. The second-order valence-electron chi connectivity index (χ2n) is 6.46. The van der Waals surface area contributed by atoms with Crippen LogP contribution in [0.1, 0.15) is 64.2 Å². The summed E-state index contributed by atoms with van der Waals surface area (Å²) >= 11 is 0. The monoisotopic (exact) mass is 282 g/mol. The maximum atomic E-state index is 11.8. The summed E-state index contributed by atoms with van der Waals surface area (Å²) in [6.07, 6.45) is 11.3. The van der Waals surface area contributed by atoms with Gasteiger partial charge in [-0.2, -0.15) is 0 Å². The van der Waals surface area contributed by atoms with E-state index in [1.165, 1.54) is 25.7 Å². The first-order valence-electron chi connectivity index (χ1n) is 8.38. The molecule has 0 bridgehead atoms. The lowest BCUT2D eigenvalue weighted by Gasteiger charge is -2.26. The largest absolute Gasteiger partial charge is 0.378 e. The van der Waals surface area contributed by atoms with E-state index < -0.39 is 0 Å². The number of nitrogens with one attached hydrogen (secondary N) is 1. The van der Waals surface area contributed by atoms with Crippen molar-refractivity contribution in [2.75, 3.05) is 13.2 Å². The number of ether oxygens (including phenoxy) is 1. The molecule has 1 aliphatic heterocycles. The predicted molar refractivity (Wildman–Crippen MR) is 80.4 cm³/mol. The number of carbonyl (C=O) groups is 1. The van der Waals surface area contributed by atoms with Gasteiger partial charge in [0.05, 0.1) is 6.10 Å². The van der Waals surface area contributed by atoms with Gasteiger partial charge in [-0.1, -0.05) is 12.8 Å². The third-order valence-corrected chi connectivity index (χ3v) is 4.67. The smallest absolute Gasteiger partial charge is 0.220 e. The second-order valence-corrected chi connectivity index (χ2v) is 6.46. The van der Waals surface area contributed by atoms with Gasteiger partial charge in [0.2, 0.25) is 5.91 Å². The zero-order valence-electron chi connectivity index (χ0n) is 12.6. The Bertz CT molecular complexity index is 290. The zero-order valence-corrected chi connectivity index (χ0v) is 12.6. The highest BCUT2D eigenvalue weighted by Crippen LogP contribution is 2.26. The van der Waals surface area contributed by atoms with Crippen molar-refractivity contribution >= 4 is 5.91 Å². The van der Waals surface area contributed by atoms with Gasteiger partial charge in [0.15, 0.2) is 0 Å². The van der Waals surface area contributed by atoms with Gasteiger partial charge < -0.3 is 15.8 Å². The van der Waals surface area contributed by atoms with Crippen molar-refractivity contribution < 1.29 is 9.53 Å². The summed E-state index contributed by atoms with van der Waals surface area (Å²) in [6.45, 7) is 1.65. The molecule has 0 radical (unpaired) electrons. The predicted octanol–water partition coefficient (Wildman–Crippen LogP) is 2.36. The van der Waals surface area contributed by atoms with Gasteiger partial charge in [-0.15, -0.1) is 0 Å². The Hall–Kier alpha value is -0.610. The quantitative estimate of drug-likeness (QED) is 0.786. The molecule has 4 heteroatoms. The molecule has 4 nitrogen and oxygen atoms in total. The molecule has 1 saturated carbocycles. The number of amides is 1. The minimum atomic E-state index is 0.194. The lowest BCUT2D eigenvalue weighted by Crippen LogP contribution is -2.31. The van der Waals surface area contributed by atoms with Crippen LogP contribution in [0, 0.1) is 5.92 Å². The molecule has 3 N–H and O–H groups in total. The van der Waals surface area contributed by atoms with Crippen molar-refractivity contribution in [1.82, 2.24) is 5.32 Å². The van der Waals surface area contributed by atoms with Crippen molar-refractivity contribution in [3.8, 4) is 0 Å². The minimum absolute atomic E-state index is 0.194. The fourth-order valence-electron chi connectivity index (χ4n) is 3.43. The normalized spacial score (nSPS) is 30.9. The molecule has 0 spiro atoms. The molecular weight excluding hydrogens is 252 g/mol. The molecule has 116 valence electrons. The first-order chi connectivity index (χ1) is 9.74. The van der Waals surface area contributed by atoms with E-state index in [1.807, 2.05) is 0 Å². The molecule has 20 heavy (non-hydrogen) atoms. The van der Waals surface area contributed by atoms with Crippen LogP contribution in [0.2, 0.25) is 0 Å². The molecule has 0 aromatic heterocycles. The average molecular weight is 282 g/mol. The van der Waals surface area contributed by atoms with E-state index >= 15 is 0 Å². The van der Waals surface area contributed by atoms with E-state index in [0.717, 1.165) is 45.3 Å². The highest BCUT2D eigenvalue weighted by Gasteiger charge is 2.20. The summed E-state index contributed by atoms with van der Waals surface area (Å²) < 4.78 is 5.66. The topological polar surface area (TPSA) is 64.4 Å². The molecule has 2 fully saturated rings. The highest BCUT2D eigenvalue weighted by molar-refractivity contribution is 5.75. The van der Waals surface area contributed by atoms with Gasteiger partial charge >= 0.3 is 0 Å². The molecule has 3 atom stereocenters. The molecule has 2 aliphatic rings. The van der Waals surface area contributed by atoms with Crippen LogP contribution >= 0.6 is 0 Å². The van der Waals surface area contributed by atoms with Crippen LogP contribution in [0.4, 0.5) is 0 Å². The standard InChI is InChI=1S/C16H30N2O2/c17-14-5-3-4-13(12-14)7-8-16(19)18-10-9-15-6-1-2-11-20-15/h13-15H,1-12,17H2,(H,18,19). The van der Waals surface area contributed by atoms with Crippen molar-refractivity contribution in [3.63, 3.8) is 0 Å². The Morgan fingerprint density at radius 2 is 2.05 bits per heavy atom. The summed E-state index contributed by atoms with van der Waals surface area (Å²) in [7, 11) is 0. The Balaban J connectivity index is 1.51. The lowest BCUT2D eigenvalue weighted by atomic mass is 9.83. The van der Waals surface area contributed by atoms with E-state index in [4.69, 9.17) is 10.5 Å². The van der Waals surface area contributed by atoms with Gasteiger partial charge in [0.1, 0.15) is 0 Å².